The zero-order valence-corrected chi connectivity index (χ0v) is 17.8. The predicted molar refractivity (Wildman–Crippen MR) is 120 cm³/mol. The Hall–Kier alpha value is -2.56. The van der Waals surface area contributed by atoms with Crippen molar-refractivity contribution in [3.05, 3.63) is 126 Å². The van der Waals surface area contributed by atoms with Gasteiger partial charge in [-0.1, -0.05) is 0 Å². The molecule has 0 fully saturated rings. The molecule has 0 radical (unpaired) electrons. The van der Waals surface area contributed by atoms with Crippen LogP contribution in [0.15, 0.2) is 115 Å². The first-order chi connectivity index (χ1) is 13.3. The summed E-state index contributed by atoms with van der Waals surface area (Å²) in [4.78, 5) is 0. The van der Waals surface area contributed by atoms with Crippen LogP contribution in [0.25, 0.3) is 0 Å². The molecule has 4 aromatic carbocycles. The van der Waals surface area contributed by atoms with E-state index in [2.05, 4.69) is 122 Å². The quantitative estimate of drug-likeness (QED) is 0.435. The number of hydrogen-bond donors (Lipinski definition) is 0. The molecule has 0 atom stereocenters. The molecular formula is C26H25As. The van der Waals surface area contributed by atoms with Gasteiger partial charge in [0, 0.05) is 0 Å². The summed E-state index contributed by atoms with van der Waals surface area (Å²) in [5.74, 6) is 0. The van der Waals surface area contributed by atoms with Crippen LogP contribution >= 0.6 is 0 Å². The van der Waals surface area contributed by atoms with E-state index in [4.69, 9.17) is 0 Å². The standard InChI is InChI=1S/C26H25As/c1-22-17-19-23(20-18-22)21-27(24-11-5-2-6-12-24,25-13-7-3-8-14-25)26-15-9-4-10-16-26/h2-20,27H,21H2,1H3. The molecule has 0 spiro atoms. The van der Waals surface area contributed by atoms with Gasteiger partial charge in [-0.15, -0.1) is 0 Å². The van der Waals surface area contributed by atoms with Crippen LogP contribution in [0.1, 0.15) is 11.1 Å². The van der Waals surface area contributed by atoms with Crippen LogP contribution < -0.4 is 13.1 Å². The molecule has 0 bridgehead atoms. The molecule has 0 heterocycles. The fourth-order valence-corrected chi connectivity index (χ4v) is 13.9. The summed E-state index contributed by atoms with van der Waals surface area (Å²) in [6, 6.07) is 42.7. The van der Waals surface area contributed by atoms with Crippen LogP contribution in [0, 0.1) is 6.92 Å². The number of benzene rings is 4. The molecule has 0 N–H and O–H groups in total. The van der Waals surface area contributed by atoms with E-state index < -0.39 is 13.6 Å². The molecule has 0 nitrogen and oxygen atoms in total. The third-order valence-electron chi connectivity index (χ3n) is 5.39. The Labute approximate surface area is 165 Å². The maximum atomic E-state index is 2.34. The van der Waals surface area contributed by atoms with Crippen molar-refractivity contribution in [3.8, 4) is 0 Å². The molecule has 0 aliphatic rings. The average molecular weight is 412 g/mol. The first kappa shape index (κ1) is 17.8. The van der Waals surface area contributed by atoms with E-state index in [0.717, 1.165) is 5.21 Å². The molecule has 134 valence electrons. The van der Waals surface area contributed by atoms with Crippen molar-refractivity contribution in [2.75, 3.05) is 0 Å². The van der Waals surface area contributed by atoms with E-state index in [1.165, 1.54) is 24.2 Å². The molecular weight excluding hydrogens is 387 g/mol. The van der Waals surface area contributed by atoms with Gasteiger partial charge >= 0.3 is 165 Å². The van der Waals surface area contributed by atoms with Crippen molar-refractivity contribution in [2.45, 2.75) is 12.1 Å². The Bertz CT molecular complexity index is 878. The summed E-state index contributed by atoms with van der Waals surface area (Å²) >= 11 is -2.87. The topological polar surface area (TPSA) is 0 Å². The maximum absolute atomic E-state index is 2.87. The van der Waals surface area contributed by atoms with Gasteiger partial charge in [0.15, 0.2) is 0 Å². The van der Waals surface area contributed by atoms with Gasteiger partial charge in [-0.2, -0.15) is 0 Å². The second kappa shape index (κ2) is 7.99. The van der Waals surface area contributed by atoms with Crippen molar-refractivity contribution in [1.29, 1.82) is 0 Å². The minimum atomic E-state index is -2.87. The van der Waals surface area contributed by atoms with Crippen LogP contribution in [0.3, 0.4) is 0 Å². The van der Waals surface area contributed by atoms with Crippen LogP contribution in [0.5, 0.6) is 0 Å². The molecule has 0 aliphatic carbocycles. The van der Waals surface area contributed by atoms with Crippen LogP contribution in [-0.2, 0) is 5.21 Å². The summed E-state index contributed by atoms with van der Waals surface area (Å²) in [6.07, 6.45) is 0. The molecule has 0 aromatic heterocycles. The van der Waals surface area contributed by atoms with Crippen LogP contribution in [0.4, 0.5) is 0 Å². The first-order valence-corrected chi connectivity index (χ1v) is 14.1. The van der Waals surface area contributed by atoms with Gasteiger partial charge in [0.25, 0.3) is 0 Å². The van der Waals surface area contributed by atoms with Crippen LogP contribution in [-0.4, -0.2) is 13.6 Å². The fraction of sp³-hybridized carbons (Fsp3) is 0.0769. The number of rotatable bonds is 5. The molecule has 27 heavy (non-hydrogen) atoms. The molecule has 0 aliphatic heterocycles. The average Bonchev–Trinajstić information content (AvgIpc) is 2.75. The van der Waals surface area contributed by atoms with Crippen molar-refractivity contribution in [1.82, 2.24) is 0 Å². The van der Waals surface area contributed by atoms with Crippen molar-refractivity contribution in [3.63, 3.8) is 0 Å². The van der Waals surface area contributed by atoms with Crippen LogP contribution in [0.2, 0.25) is 0 Å². The van der Waals surface area contributed by atoms with E-state index in [-0.39, 0.29) is 0 Å². The Morgan fingerprint density at radius 1 is 0.481 bits per heavy atom. The Kier molecular flexibility index (Phi) is 5.28. The predicted octanol–water partition coefficient (Wildman–Crippen LogP) is 3.98. The van der Waals surface area contributed by atoms with Crippen molar-refractivity contribution >= 4 is 26.6 Å². The second-order valence-corrected chi connectivity index (χ2v) is 15.3. The molecule has 4 aromatic rings. The third-order valence-corrected chi connectivity index (χ3v) is 15.7. The van der Waals surface area contributed by atoms with Gasteiger partial charge in [-0.25, -0.2) is 0 Å². The number of hydrogen-bond acceptors (Lipinski definition) is 0. The summed E-state index contributed by atoms with van der Waals surface area (Å²) in [5.41, 5.74) is 2.74. The zero-order valence-electron chi connectivity index (χ0n) is 15.7. The summed E-state index contributed by atoms with van der Waals surface area (Å²) in [7, 11) is 0. The summed E-state index contributed by atoms with van der Waals surface area (Å²) < 4.78 is 4.53. The van der Waals surface area contributed by atoms with Gasteiger partial charge in [-0.05, 0) is 0 Å². The Balaban J connectivity index is 1.98. The zero-order chi connectivity index (χ0) is 18.5. The molecule has 0 saturated heterocycles. The SMILES string of the molecule is Cc1ccc(C[AsH](c2ccccc2)(c2ccccc2)c2ccccc2)cc1. The monoisotopic (exact) mass is 412 g/mol. The Morgan fingerprint density at radius 3 is 1.22 bits per heavy atom. The first-order valence-electron chi connectivity index (χ1n) is 9.51. The van der Waals surface area contributed by atoms with Gasteiger partial charge in [0.2, 0.25) is 0 Å². The van der Waals surface area contributed by atoms with Crippen molar-refractivity contribution < 1.29 is 0 Å². The molecule has 4 rings (SSSR count). The van der Waals surface area contributed by atoms with E-state index in [1.54, 1.807) is 0 Å². The molecule has 0 unspecified atom stereocenters. The molecule has 0 saturated carbocycles. The van der Waals surface area contributed by atoms with E-state index in [0.29, 0.717) is 0 Å². The number of aryl methyl sites for hydroxylation is 1. The summed E-state index contributed by atoms with van der Waals surface area (Å²) in [6.45, 7) is 2.16. The van der Waals surface area contributed by atoms with Crippen molar-refractivity contribution in [2.24, 2.45) is 0 Å². The van der Waals surface area contributed by atoms with Gasteiger partial charge in [0.05, 0.1) is 0 Å². The van der Waals surface area contributed by atoms with Gasteiger partial charge in [-0.3, -0.25) is 0 Å². The van der Waals surface area contributed by atoms with Gasteiger partial charge in [0.1, 0.15) is 0 Å². The minimum absolute atomic E-state index is 1.11. The summed E-state index contributed by atoms with van der Waals surface area (Å²) in [5, 5.41) is 1.11. The third kappa shape index (κ3) is 3.63. The van der Waals surface area contributed by atoms with E-state index >= 15 is 0 Å². The fourth-order valence-electron chi connectivity index (χ4n) is 3.99. The Morgan fingerprint density at radius 2 is 0.852 bits per heavy atom. The van der Waals surface area contributed by atoms with Gasteiger partial charge < -0.3 is 0 Å². The normalized spacial score (nSPS) is 11.9. The van der Waals surface area contributed by atoms with E-state index in [1.807, 2.05) is 0 Å². The molecule has 1 heteroatoms. The molecule has 0 amide bonds. The second-order valence-electron chi connectivity index (χ2n) is 7.17. The van der Waals surface area contributed by atoms with E-state index in [9.17, 15) is 0 Å².